The molecule has 0 heterocycles. The van der Waals surface area contributed by atoms with Gasteiger partial charge in [-0.15, -0.1) is 0 Å². The smallest absolute Gasteiger partial charge is 0.264 e. The van der Waals surface area contributed by atoms with Gasteiger partial charge in [0.05, 0.1) is 19.0 Å². The summed E-state index contributed by atoms with van der Waals surface area (Å²) in [6, 6.07) is 0. The van der Waals surface area contributed by atoms with Crippen LogP contribution in [0.5, 0.6) is 0 Å². The van der Waals surface area contributed by atoms with Crippen LogP contribution in [0.25, 0.3) is 0 Å². The average Bonchev–Trinajstić information content (AvgIpc) is 2.27. The zero-order chi connectivity index (χ0) is 12.4. The van der Waals surface area contributed by atoms with Crippen molar-refractivity contribution in [3.8, 4) is 0 Å². The molecular weight excluding hydrogens is 208 g/mol. The number of hydrogen-bond donors (Lipinski definition) is 4. The van der Waals surface area contributed by atoms with Crippen molar-refractivity contribution < 1.29 is 4.79 Å². The van der Waals surface area contributed by atoms with Gasteiger partial charge in [-0.3, -0.25) is 15.1 Å². The van der Waals surface area contributed by atoms with E-state index in [9.17, 15) is 4.79 Å². The third kappa shape index (κ3) is 6.77. The van der Waals surface area contributed by atoms with E-state index < -0.39 is 0 Å². The van der Waals surface area contributed by atoms with Crippen LogP contribution in [0, 0.1) is 0 Å². The van der Waals surface area contributed by atoms with Gasteiger partial charge in [-0.05, 0) is 13.8 Å². The molecule has 0 unspecified atom stereocenters. The van der Waals surface area contributed by atoms with Gasteiger partial charge < -0.3 is 16.1 Å². The molecule has 0 atom stereocenters. The van der Waals surface area contributed by atoms with Crippen molar-refractivity contribution >= 4 is 17.5 Å². The van der Waals surface area contributed by atoms with Crippen LogP contribution >= 0.6 is 0 Å². The second-order valence-electron chi connectivity index (χ2n) is 3.01. The topological polar surface area (TPSA) is 89.9 Å². The van der Waals surface area contributed by atoms with E-state index in [1.807, 2.05) is 6.92 Å². The highest BCUT2D eigenvalue weighted by Gasteiger charge is 2.00. The molecule has 0 aromatic carbocycles. The summed E-state index contributed by atoms with van der Waals surface area (Å²) in [6.07, 6.45) is 0. The van der Waals surface area contributed by atoms with E-state index in [-0.39, 0.29) is 5.91 Å². The fraction of sp³-hybridized carbons (Fsp3) is 0.667. The Labute approximate surface area is 95.8 Å². The Hall–Kier alpha value is -1.63. The lowest BCUT2D eigenvalue weighted by molar-refractivity contribution is -0.114. The molecule has 4 N–H and O–H groups in total. The first-order valence-corrected chi connectivity index (χ1v) is 5.00. The Morgan fingerprint density at radius 3 is 2.50 bits per heavy atom. The SMILES string of the molecule is CN/N=C(\C)NCNC/N=C(\C)C(=O)NC. The number of nitrogens with one attached hydrogen (secondary N) is 4. The number of hydrazone groups is 1. The second kappa shape index (κ2) is 8.66. The first-order valence-electron chi connectivity index (χ1n) is 5.00. The van der Waals surface area contributed by atoms with E-state index in [0.29, 0.717) is 19.0 Å². The molecular formula is C9H20N6O. The third-order valence-corrected chi connectivity index (χ3v) is 1.73. The molecule has 0 aliphatic carbocycles. The summed E-state index contributed by atoms with van der Waals surface area (Å²) in [5.41, 5.74) is 3.12. The first-order chi connectivity index (χ1) is 7.61. The normalized spacial score (nSPS) is 12.2. The largest absolute Gasteiger partial charge is 0.360 e. The molecule has 0 saturated heterocycles. The Morgan fingerprint density at radius 1 is 1.25 bits per heavy atom. The highest BCUT2D eigenvalue weighted by Crippen LogP contribution is 1.76. The molecule has 0 aliphatic rings. The highest BCUT2D eigenvalue weighted by molar-refractivity contribution is 6.37. The number of carbonyl (C=O) groups excluding carboxylic acids is 1. The lowest BCUT2D eigenvalue weighted by Crippen LogP contribution is -2.34. The van der Waals surface area contributed by atoms with Crippen molar-refractivity contribution in [3.63, 3.8) is 0 Å². The minimum Gasteiger partial charge on any atom is -0.360 e. The fourth-order valence-corrected chi connectivity index (χ4v) is 0.881. The average molecular weight is 228 g/mol. The number of amides is 1. The molecule has 7 nitrogen and oxygen atoms in total. The Balaban J connectivity index is 3.68. The van der Waals surface area contributed by atoms with Gasteiger partial charge in [0.1, 0.15) is 5.84 Å². The van der Waals surface area contributed by atoms with Crippen LogP contribution in [0.2, 0.25) is 0 Å². The van der Waals surface area contributed by atoms with Gasteiger partial charge in [-0.25, -0.2) is 0 Å². The Morgan fingerprint density at radius 2 is 1.94 bits per heavy atom. The molecule has 16 heavy (non-hydrogen) atoms. The highest BCUT2D eigenvalue weighted by atomic mass is 16.1. The zero-order valence-corrected chi connectivity index (χ0v) is 10.2. The van der Waals surface area contributed by atoms with Crippen molar-refractivity contribution in [2.45, 2.75) is 13.8 Å². The summed E-state index contributed by atoms with van der Waals surface area (Å²) in [7, 11) is 3.31. The quantitative estimate of drug-likeness (QED) is 0.152. The van der Waals surface area contributed by atoms with E-state index >= 15 is 0 Å². The van der Waals surface area contributed by atoms with Gasteiger partial charge in [0, 0.05) is 14.1 Å². The maximum absolute atomic E-state index is 11.1. The second-order valence-corrected chi connectivity index (χ2v) is 3.01. The van der Waals surface area contributed by atoms with Crippen LogP contribution in [0.4, 0.5) is 0 Å². The molecule has 0 aromatic heterocycles. The molecule has 0 aromatic rings. The lowest BCUT2D eigenvalue weighted by Gasteiger charge is -2.05. The van der Waals surface area contributed by atoms with Crippen molar-refractivity contribution in [1.29, 1.82) is 0 Å². The minimum atomic E-state index is -0.164. The van der Waals surface area contributed by atoms with Crippen LogP contribution in [-0.4, -0.2) is 44.9 Å². The predicted octanol–water partition coefficient (Wildman–Crippen LogP) is -1.16. The standard InChI is InChI=1S/C9H20N6O/c1-7(9(16)10-3)13-5-12-6-14-8(2)15-11-4/h11-12H,5-6H2,1-4H3,(H,10,16)(H,14,15)/b13-7+. The van der Waals surface area contributed by atoms with E-state index in [1.54, 1.807) is 21.0 Å². The monoisotopic (exact) mass is 228 g/mol. The molecule has 0 fully saturated rings. The van der Waals surface area contributed by atoms with Gasteiger partial charge in [-0.1, -0.05) is 0 Å². The first kappa shape index (κ1) is 14.4. The van der Waals surface area contributed by atoms with Crippen LogP contribution in [0.1, 0.15) is 13.8 Å². The van der Waals surface area contributed by atoms with Crippen LogP contribution in [0.3, 0.4) is 0 Å². The summed E-state index contributed by atoms with van der Waals surface area (Å²) in [5, 5.41) is 12.4. The maximum atomic E-state index is 11.1. The summed E-state index contributed by atoms with van der Waals surface area (Å²) in [5.74, 6) is 0.615. The molecule has 7 heteroatoms. The van der Waals surface area contributed by atoms with Crippen molar-refractivity contribution in [2.75, 3.05) is 27.4 Å². The predicted molar refractivity (Wildman–Crippen MR) is 65.3 cm³/mol. The van der Waals surface area contributed by atoms with Crippen molar-refractivity contribution in [2.24, 2.45) is 10.1 Å². The van der Waals surface area contributed by atoms with Gasteiger partial charge in [0.2, 0.25) is 0 Å². The van der Waals surface area contributed by atoms with Crippen molar-refractivity contribution in [3.05, 3.63) is 0 Å². The zero-order valence-electron chi connectivity index (χ0n) is 10.2. The van der Waals surface area contributed by atoms with Crippen LogP contribution < -0.4 is 21.4 Å². The van der Waals surface area contributed by atoms with Crippen molar-refractivity contribution in [1.82, 2.24) is 21.4 Å². The summed E-state index contributed by atoms with van der Waals surface area (Å²) >= 11 is 0. The summed E-state index contributed by atoms with van der Waals surface area (Å²) in [6.45, 7) is 4.44. The van der Waals surface area contributed by atoms with Gasteiger partial charge in [0.25, 0.3) is 5.91 Å². The third-order valence-electron chi connectivity index (χ3n) is 1.73. The number of hydrogen-bond acceptors (Lipinski definition) is 5. The molecule has 1 amide bonds. The molecule has 0 saturated carbocycles. The number of aliphatic imine (C=N–C) groups is 1. The Bertz CT molecular complexity index is 273. The van der Waals surface area contributed by atoms with E-state index in [4.69, 9.17) is 0 Å². The molecule has 0 bridgehead atoms. The molecule has 92 valence electrons. The summed E-state index contributed by atoms with van der Waals surface area (Å²) < 4.78 is 0. The fourth-order valence-electron chi connectivity index (χ4n) is 0.881. The number of nitrogens with zero attached hydrogens (tertiary/aromatic N) is 2. The Kier molecular flexibility index (Phi) is 7.78. The summed E-state index contributed by atoms with van der Waals surface area (Å²) in [4.78, 5) is 15.1. The lowest BCUT2D eigenvalue weighted by atomic mass is 10.4. The van der Waals surface area contributed by atoms with E-state index in [2.05, 4.69) is 31.5 Å². The van der Waals surface area contributed by atoms with Crippen LogP contribution in [0.15, 0.2) is 10.1 Å². The molecule has 0 aliphatic heterocycles. The number of amidine groups is 1. The number of rotatable bonds is 6. The maximum Gasteiger partial charge on any atom is 0.264 e. The van der Waals surface area contributed by atoms with E-state index in [1.165, 1.54) is 0 Å². The van der Waals surface area contributed by atoms with Gasteiger partial charge in [-0.2, -0.15) is 5.10 Å². The van der Waals surface area contributed by atoms with Gasteiger partial charge in [0.15, 0.2) is 0 Å². The molecule has 0 spiro atoms. The van der Waals surface area contributed by atoms with E-state index in [0.717, 1.165) is 5.84 Å². The van der Waals surface area contributed by atoms with Gasteiger partial charge >= 0.3 is 0 Å². The minimum absolute atomic E-state index is 0.164. The molecule has 0 rings (SSSR count). The molecule has 0 radical (unpaired) electrons. The number of carbonyl (C=O) groups is 1. The van der Waals surface area contributed by atoms with Crippen LogP contribution in [-0.2, 0) is 4.79 Å².